The van der Waals surface area contributed by atoms with Crippen LogP contribution in [0.1, 0.15) is 46.0 Å². The lowest BCUT2D eigenvalue weighted by molar-refractivity contribution is -0.00275. The predicted molar refractivity (Wildman–Crippen MR) is 144 cm³/mol. The van der Waals surface area contributed by atoms with E-state index in [1.54, 1.807) is 24.7 Å². The molecule has 0 bridgehead atoms. The van der Waals surface area contributed by atoms with Crippen molar-refractivity contribution in [3.63, 3.8) is 0 Å². The number of pyridine rings is 1. The maximum Gasteiger partial charge on any atom is 0.322 e. The van der Waals surface area contributed by atoms with Crippen molar-refractivity contribution < 1.29 is 9.18 Å². The fourth-order valence-electron chi connectivity index (χ4n) is 6.95. The Hall–Kier alpha value is -3.21. The first-order valence-corrected chi connectivity index (χ1v) is 13.8. The van der Waals surface area contributed by atoms with Crippen LogP contribution in [-0.4, -0.2) is 91.8 Å². The minimum absolute atomic E-state index is 0.0514. The second-order valence-electron chi connectivity index (χ2n) is 12.7. The third-order valence-electron chi connectivity index (χ3n) is 8.76. The van der Waals surface area contributed by atoms with Crippen LogP contribution >= 0.6 is 0 Å². The van der Waals surface area contributed by atoms with E-state index in [1.807, 2.05) is 17.2 Å². The first-order chi connectivity index (χ1) is 18.1. The molecular weight excluding hydrogens is 485 g/mol. The van der Waals surface area contributed by atoms with Crippen LogP contribution in [0.15, 0.2) is 18.5 Å². The molecule has 2 spiro atoms. The Morgan fingerprint density at radius 1 is 1.16 bits per heavy atom. The highest BCUT2D eigenvalue weighted by molar-refractivity contribution is 5.96. The highest BCUT2D eigenvalue weighted by atomic mass is 19.1. The van der Waals surface area contributed by atoms with Crippen molar-refractivity contribution in [2.24, 2.45) is 5.41 Å². The average Bonchev–Trinajstić information content (AvgIpc) is 3.28. The number of nitrogens with zero attached hydrogens (tertiary/aromatic N) is 7. The van der Waals surface area contributed by atoms with Gasteiger partial charge in [0.1, 0.15) is 11.4 Å². The third kappa shape index (κ3) is 3.93. The maximum absolute atomic E-state index is 14.8. The monoisotopic (exact) mass is 521 g/mol. The minimum atomic E-state index is -1.42. The van der Waals surface area contributed by atoms with Crippen LogP contribution in [0.2, 0.25) is 0 Å². The van der Waals surface area contributed by atoms with Crippen molar-refractivity contribution in [3.05, 3.63) is 18.5 Å². The molecule has 0 atom stereocenters. The number of aromatic nitrogens is 5. The normalized spacial score (nSPS) is 22.1. The summed E-state index contributed by atoms with van der Waals surface area (Å²) in [6.07, 6.45) is 8.94. The summed E-state index contributed by atoms with van der Waals surface area (Å²) in [6, 6.07) is 1.85. The molecule has 11 heteroatoms. The molecule has 4 fully saturated rings. The van der Waals surface area contributed by atoms with E-state index in [0.29, 0.717) is 22.5 Å². The van der Waals surface area contributed by atoms with E-state index in [2.05, 4.69) is 32.4 Å². The van der Waals surface area contributed by atoms with Crippen molar-refractivity contribution in [2.45, 2.75) is 63.7 Å². The summed E-state index contributed by atoms with van der Waals surface area (Å²) >= 11 is 0. The molecular formula is C27H36FN9O. The summed E-state index contributed by atoms with van der Waals surface area (Å²) in [5.74, 6) is 0.862. The Morgan fingerprint density at radius 2 is 1.95 bits per heavy atom. The van der Waals surface area contributed by atoms with Gasteiger partial charge >= 0.3 is 6.03 Å². The molecule has 38 heavy (non-hydrogen) atoms. The van der Waals surface area contributed by atoms with Crippen LogP contribution in [0.25, 0.3) is 22.3 Å². The fraction of sp³-hybridized carbons (Fsp3) is 0.630. The van der Waals surface area contributed by atoms with E-state index >= 15 is 0 Å². The van der Waals surface area contributed by atoms with Gasteiger partial charge in [0.05, 0.1) is 35.0 Å². The van der Waals surface area contributed by atoms with Gasteiger partial charge in [-0.1, -0.05) is 0 Å². The van der Waals surface area contributed by atoms with Crippen LogP contribution in [-0.2, 0) is 6.54 Å². The van der Waals surface area contributed by atoms with E-state index in [4.69, 9.17) is 10.1 Å². The van der Waals surface area contributed by atoms with Gasteiger partial charge in [0, 0.05) is 49.9 Å². The second kappa shape index (κ2) is 8.14. The molecule has 202 valence electrons. The zero-order chi connectivity index (χ0) is 26.3. The number of carbonyl (C=O) groups is 1. The highest BCUT2D eigenvalue weighted by Crippen LogP contribution is 2.48. The lowest BCUT2D eigenvalue weighted by atomic mass is 9.73. The van der Waals surface area contributed by atoms with Gasteiger partial charge in [0.25, 0.3) is 0 Å². The van der Waals surface area contributed by atoms with Crippen molar-refractivity contribution in [3.8, 4) is 11.4 Å². The molecule has 3 aromatic heterocycles. The summed E-state index contributed by atoms with van der Waals surface area (Å²) in [5.41, 5.74) is 1.67. The molecule has 0 unspecified atom stereocenters. The van der Waals surface area contributed by atoms with E-state index in [-0.39, 0.29) is 18.1 Å². The van der Waals surface area contributed by atoms with Gasteiger partial charge in [-0.05, 0) is 59.1 Å². The number of rotatable bonds is 5. The van der Waals surface area contributed by atoms with Gasteiger partial charge < -0.3 is 20.0 Å². The number of urea groups is 1. The lowest BCUT2D eigenvalue weighted by Gasteiger charge is -2.59. The Labute approximate surface area is 221 Å². The summed E-state index contributed by atoms with van der Waals surface area (Å²) in [6.45, 7) is 8.19. The number of aromatic amines is 1. The number of carbonyl (C=O) groups excluding carboxylic acids is 1. The van der Waals surface area contributed by atoms with Gasteiger partial charge in [-0.3, -0.25) is 14.8 Å². The van der Waals surface area contributed by atoms with Gasteiger partial charge in [0.15, 0.2) is 5.82 Å². The summed E-state index contributed by atoms with van der Waals surface area (Å²) < 4.78 is 16.6. The molecule has 1 aliphatic carbocycles. The van der Waals surface area contributed by atoms with E-state index in [0.717, 1.165) is 75.1 Å². The van der Waals surface area contributed by atoms with E-state index in [1.165, 1.54) is 6.42 Å². The summed E-state index contributed by atoms with van der Waals surface area (Å²) in [5, 5.41) is 16.1. The van der Waals surface area contributed by atoms with Gasteiger partial charge in [-0.15, -0.1) is 0 Å². The molecule has 7 rings (SSSR count). The quantitative estimate of drug-likeness (QED) is 0.529. The smallest absolute Gasteiger partial charge is 0.322 e. The Balaban J connectivity index is 1.18. The first kappa shape index (κ1) is 23.9. The molecule has 10 nitrogen and oxygen atoms in total. The van der Waals surface area contributed by atoms with Gasteiger partial charge in [-0.2, -0.15) is 10.2 Å². The van der Waals surface area contributed by atoms with Crippen LogP contribution in [0.4, 0.5) is 20.7 Å². The topological polar surface area (TPSA) is 98.2 Å². The molecule has 4 aliphatic rings. The van der Waals surface area contributed by atoms with Crippen LogP contribution in [0.5, 0.6) is 0 Å². The van der Waals surface area contributed by atoms with Gasteiger partial charge in [0.2, 0.25) is 0 Å². The fourth-order valence-corrected chi connectivity index (χ4v) is 6.95. The number of halogens is 1. The molecule has 2 amide bonds. The van der Waals surface area contributed by atoms with Gasteiger partial charge in [-0.25, -0.2) is 9.18 Å². The van der Waals surface area contributed by atoms with E-state index < -0.39 is 5.67 Å². The molecule has 1 saturated carbocycles. The number of likely N-dealkylation sites (tertiary alicyclic amines) is 2. The molecule has 3 aliphatic heterocycles. The Bertz CT molecular complexity index is 1390. The standard InChI is InChI=1S/C27H36FN9O/c1-25(2,28)13-37-21-10-19(29-11-18(21)23(33-37)35-16-26(17-35)14-34(3)15-26)22-20(12-30-32-22)31-24(38)36-9-5-4-6-27(36)7-8-27/h10-12H,4-9,13-17H2,1-3H3,(H,30,32)(H,31,38). The summed E-state index contributed by atoms with van der Waals surface area (Å²) in [7, 11) is 2.15. The zero-order valence-electron chi connectivity index (χ0n) is 22.4. The van der Waals surface area contributed by atoms with Crippen LogP contribution in [0, 0.1) is 5.41 Å². The second-order valence-corrected chi connectivity index (χ2v) is 12.7. The zero-order valence-corrected chi connectivity index (χ0v) is 22.4. The lowest BCUT2D eigenvalue weighted by Crippen LogP contribution is -2.71. The van der Waals surface area contributed by atoms with Crippen molar-refractivity contribution in [1.82, 2.24) is 34.8 Å². The number of amides is 2. The minimum Gasteiger partial charge on any atom is -0.353 e. The predicted octanol–water partition coefficient (Wildman–Crippen LogP) is 3.87. The number of alkyl halides is 1. The largest absolute Gasteiger partial charge is 0.353 e. The number of piperidine rings is 1. The van der Waals surface area contributed by atoms with Crippen molar-refractivity contribution in [1.29, 1.82) is 0 Å². The number of fused-ring (bicyclic) bond motifs is 1. The Kier molecular flexibility index (Phi) is 5.12. The van der Waals surface area contributed by atoms with Crippen LogP contribution in [0.3, 0.4) is 0 Å². The molecule has 0 aromatic carbocycles. The number of nitrogens with one attached hydrogen (secondary N) is 2. The number of H-pyrrole nitrogens is 1. The number of anilines is 2. The molecule has 2 N–H and O–H groups in total. The molecule has 6 heterocycles. The molecule has 3 saturated heterocycles. The number of hydrogen-bond donors (Lipinski definition) is 2. The van der Waals surface area contributed by atoms with E-state index in [9.17, 15) is 9.18 Å². The van der Waals surface area contributed by atoms with Crippen molar-refractivity contribution in [2.75, 3.05) is 50.0 Å². The third-order valence-corrected chi connectivity index (χ3v) is 8.76. The number of hydrogen-bond acceptors (Lipinski definition) is 6. The SMILES string of the molecule is CN1CC2(C1)CN(c1nn(CC(C)(C)F)c3cc(-c4[nH]ncc4NC(=O)N4CCCCC45CC5)ncc13)C2. The molecule has 0 radical (unpaired) electrons. The first-order valence-electron chi connectivity index (χ1n) is 13.8. The average molecular weight is 522 g/mol. The van der Waals surface area contributed by atoms with Crippen molar-refractivity contribution >= 4 is 28.4 Å². The Morgan fingerprint density at radius 3 is 2.66 bits per heavy atom. The summed E-state index contributed by atoms with van der Waals surface area (Å²) in [4.78, 5) is 24.6. The highest BCUT2D eigenvalue weighted by Gasteiger charge is 2.52. The maximum atomic E-state index is 14.8. The molecule has 3 aromatic rings. The van der Waals surface area contributed by atoms with Crippen LogP contribution < -0.4 is 10.2 Å².